The molecule has 1 saturated heterocycles. The van der Waals surface area contributed by atoms with Crippen LogP contribution in [-0.4, -0.2) is 42.9 Å². The van der Waals surface area contributed by atoms with Crippen LogP contribution in [0, 0.1) is 0 Å². The molecule has 0 aromatic rings. The summed E-state index contributed by atoms with van der Waals surface area (Å²) in [4.78, 5) is 21.7. The van der Waals surface area contributed by atoms with Gasteiger partial charge in [-0.3, -0.25) is 4.79 Å². The van der Waals surface area contributed by atoms with E-state index in [4.69, 9.17) is 9.84 Å². The van der Waals surface area contributed by atoms with Crippen LogP contribution in [0.2, 0.25) is 0 Å². The highest BCUT2D eigenvalue weighted by Crippen LogP contribution is 2.14. The summed E-state index contributed by atoms with van der Waals surface area (Å²) in [6.45, 7) is 2.06. The highest BCUT2D eigenvalue weighted by atomic mass is 16.5. The lowest BCUT2D eigenvalue weighted by Gasteiger charge is -2.10. The van der Waals surface area contributed by atoms with Crippen LogP contribution in [-0.2, 0) is 9.53 Å². The fraction of sp³-hybridized carbons (Fsp3) is 0.846. The van der Waals surface area contributed by atoms with E-state index in [-0.39, 0.29) is 12.5 Å². The Hall–Kier alpha value is -1.30. The van der Waals surface area contributed by atoms with Gasteiger partial charge in [0.15, 0.2) is 0 Å². The number of carbonyl (C=O) groups is 2. The van der Waals surface area contributed by atoms with E-state index in [0.717, 1.165) is 38.7 Å². The van der Waals surface area contributed by atoms with Crippen LogP contribution in [0.15, 0.2) is 0 Å². The second-order valence-corrected chi connectivity index (χ2v) is 4.81. The van der Waals surface area contributed by atoms with Gasteiger partial charge in [-0.1, -0.05) is 6.42 Å². The highest BCUT2D eigenvalue weighted by Gasteiger charge is 2.14. The van der Waals surface area contributed by atoms with E-state index in [9.17, 15) is 9.59 Å². The highest BCUT2D eigenvalue weighted by molar-refractivity contribution is 5.73. The number of unbranched alkanes of at least 4 members (excludes halogenated alkanes) is 2. The fourth-order valence-electron chi connectivity index (χ4n) is 2.06. The van der Waals surface area contributed by atoms with Gasteiger partial charge in [0.05, 0.1) is 6.10 Å². The van der Waals surface area contributed by atoms with Gasteiger partial charge < -0.3 is 20.5 Å². The average molecular weight is 272 g/mol. The van der Waals surface area contributed by atoms with Gasteiger partial charge >= 0.3 is 12.0 Å². The van der Waals surface area contributed by atoms with Crippen molar-refractivity contribution >= 4 is 12.0 Å². The van der Waals surface area contributed by atoms with E-state index in [1.165, 1.54) is 0 Å². The quantitative estimate of drug-likeness (QED) is 0.555. The molecule has 6 nitrogen and oxygen atoms in total. The van der Waals surface area contributed by atoms with Crippen LogP contribution in [0.3, 0.4) is 0 Å². The summed E-state index contributed by atoms with van der Waals surface area (Å²) in [5, 5.41) is 14.0. The van der Waals surface area contributed by atoms with Crippen molar-refractivity contribution in [2.24, 2.45) is 0 Å². The van der Waals surface area contributed by atoms with Crippen LogP contribution in [0.5, 0.6) is 0 Å². The zero-order valence-corrected chi connectivity index (χ0v) is 11.3. The molecule has 1 fully saturated rings. The molecule has 0 radical (unpaired) electrons. The number of hydrogen-bond donors (Lipinski definition) is 3. The lowest BCUT2D eigenvalue weighted by Crippen LogP contribution is -2.37. The molecule has 1 aliphatic rings. The minimum atomic E-state index is -0.764. The van der Waals surface area contributed by atoms with Crippen molar-refractivity contribution in [2.45, 2.75) is 51.0 Å². The predicted octanol–water partition coefficient (Wildman–Crippen LogP) is 1.50. The third-order valence-electron chi connectivity index (χ3n) is 3.13. The molecule has 1 atom stereocenters. The monoisotopic (exact) mass is 272 g/mol. The number of carboxylic acids is 1. The van der Waals surface area contributed by atoms with Crippen LogP contribution >= 0.6 is 0 Å². The first-order valence-electron chi connectivity index (χ1n) is 7.03. The van der Waals surface area contributed by atoms with Crippen molar-refractivity contribution in [3.8, 4) is 0 Å². The first-order chi connectivity index (χ1) is 9.18. The standard InChI is InChI=1S/C13H24N2O4/c16-12(17)6-2-1-3-8-14-13(18)15-9-7-11-5-4-10-19-11/h11H,1-10H2,(H,16,17)(H2,14,15,18). The Kier molecular flexibility index (Phi) is 7.97. The number of hydrogen-bond acceptors (Lipinski definition) is 3. The van der Waals surface area contributed by atoms with E-state index in [2.05, 4.69) is 10.6 Å². The molecular weight excluding hydrogens is 248 g/mol. The van der Waals surface area contributed by atoms with Gasteiger partial charge in [0, 0.05) is 26.1 Å². The Bertz CT molecular complexity index is 278. The maximum absolute atomic E-state index is 11.4. The van der Waals surface area contributed by atoms with Crippen molar-refractivity contribution in [1.29, 1.82) is 0 Å². The second-order valence-electron chi connectivity index (χ2n) is 4.81. The summed E-state index contributed by atoms with van der Waals surface area (Å²) in [6.07, 6.45) is 5.88. The third-order valence-corrected chi connectivity index (χ3v) is 3.13. The number of urea groups is 1. The summed E-state index contributed by atoms with van der Waals surface area (Å²) in [6, 6.07) is -0.156. The van der Waals surface area contributed by atoms with Gasteiger partial charge in [0.25, 0.3) is 0 Å². The number of carboxylic acid groups (broad SMARTS) is 1. The number of carbonyl (C=O) groups excluding carboxylic acids is 1. The molecule has 0 aliphatic carbocycles. The molecule has 6 heteroatoms. The number of aliphatic carboxylic acids is 1. The summed E-state index contributed by atoms with van der Waals surface area (Å²) >= 11 is 0. The molecular formula is C13H24N2O4. The summed E-state index contributed by atoms with van der Waals surface area (Å²) < 4.78 is 5.46. The SMILES string of the molecule is O=C(O)CCCCCNC(=O)NCCC1CCCO1. The Labute approximate surface area is 113 Å². The normalized spacial score (nSPS) is 18.2. The number of nitrogens with one attached hydrogen (secondary N) is 2. The molecule has 2 amide bonds. The maximum atomic E-state index is 11.4. The Balaban J connectivity index is 1.86. The van der Waals surface area contributed by atoms with E-state index in [0.29, 0.717) is 25.6 Å². The van der Waals surface area contributed by atoms with Crippen LogP contribution in [0.4, 0.5) is 4.79 Å². The van der Waals surface area contributed by atoms with Gasteiger partial charge in [-0.05, 0) is 32.1 Å². The first kappa shape index (κ1) is 15.8. The molecule has 1 heterocycles. The number of amides is 2. The van der Waals surface area contributed by atoms with Gasteiger partial charge in [-0.25, -0.2) is 4.79 Å². The second kappa shape index (κ2) is 9.61. The van der Waals surface area contributed by atoms with Crippen LogP contribution < -0.4 is 10.6 Å². The molecule has 19 heavy (non-hydrogen) atoms. The smallest absolute Gasteiger partial charge is 0.314 e. The molecule has 0 aromatic carbocycles. The van der Waals surface area contributed by atoms with Gasteiger partial charge in [0.1, 0.15) is 0 Å². The molecule has 3 N–H and O–H groups in total. The molecule has 1 aliphatic heterocycles. The van der Waals surface area contributed by atoms with Crippen molar-refractivity contribution in [2.75, 3.05) is 19.7 Å². The van der Waals surface area contributed by atoms with Crippen molar-refractivity contribution in [3.05, 3.63) is 0 Å². The fourth-order valence-corrected chi connectivity index (χ4v) is 2.06. The zero-order valence-electron chi connectivity index (χ0n) is 11.3. The zero-order chi connectivity index (χ0) is 13.9. The van der Waals surface area contributed by atoms with E-state index >= 15 is 0 Å². The van der Waals surface area contributed by atoms with Gasteiger partial charge in [-0.2, -0.15) is 0 Å². The molecule has 0 saturated carbocycles. The van der Waals surface area contributed by atoms with Crippen LogP contribution in [0.1, 0.15) is 44.9 Å². The van der Waals surface area contributed by atoms with Crippen molar-refractivity contribution < 1.29 is 19.4 Å². The van der Waals surface area contributed by atoms with E-state index < -0.39 is 5.97 Å². The average Bonchev–Trinajstić information content (AvgIpc) is 2.86. The van der Waals surface area contributed by atoms with Gasteiger partial charge in [-0.15, -0.1) is 0 Å². The largest absolute Gasteiger partial charge is 0.481 e. The molecule has 1 unspecified atom stereocenters. The molecule has 0 spiro atoms. The van der Waals surface area contributed by atoms with Crippen molar-refractivity contribution in [1.82, 2.24) is 10.6 Å². The lowest BCUT2D eigenvalue weighted by atomic mass is 10.2. The van der Waals surface area contributed by atoms with Crippen molar-refractivity contribution in [3.63, 3.8) is 0 Å². The van der Waals surface area contributed by atoms with E-state index in [1.54, 1.807) is 0 Å². The minimum absolute atomic E-state index is 0.156. The van der Waals surface area contributed by atoms with Crippen LogP contribution in [0.25, 0.3) is 0 Å². The Morgan fingerprint density at radius 2 is 1.95 bits per heavy atom. The summed E-state index contributed by atoms with van der Waals surface area (Å²) in [7, 11) is 0. The van der Waals surface area contributed by atoms with Gasteiger partial charge in [0.2, 0.25) is 0 Å². The Morgan fingerprint density at radius 1 is 1.16 bits per heavy atom. The summed E-state index contributed by atoms with van der Waals surface area (Å²) in [5.74, 6) is -0.764. The first-order valence-corrected chi connectivity index (χ1v) is 7.03. The minimum Gasteiger partial charge on any atom is -0.481 e. The lowest BCUT2D eigenvalue weighted by molar-refractivity contribution is -0.137. The molecule has 0 aromatic heterocycles. The molecule has 110 valence electrons. The third kappa shape index (κ3) is 8.42. The Morgan fingerprint density at radius 3 is 2.63 bits per heavy atom. The number of rotatable bonds is 9. The molecule has 1 rings (SSSR count). The number of ether oxygens (including phenoxy) is 1. The van der Waals surface area contributed by atoms with E-state index in [1.807, 2.05) is 0 Å². The predicted molar refractivity (Wildman–Crippen MR) is 71.1 cm³/mol. The maximum Gasteiger partial charge on any atom is 0.314 e. The molecule has 0 bridgehead atoms. The summed E-state index contributed by atoms with van der Waals surface area (Å²) in [5.41, 5.74) is 0. The topological polar surface area (TPSA) is 87.7 Å².